The van der Waals surface area contributed by atoms with Crippen molar-refractivity contribution in [3.05, 3.63) is 41.5 Å². The zero-order valence-electron chi connectivity index (χ0n) is 12.8. The summed E-state index contributed by atoms with van der Waals surface area (Å²) in [5, 5.41) is 17.8. The van der Waals surface area contributed by atoms with Crippen LogP contribution in [0.4, 0.5) is 4.39 Å². The molecule has 1 aliphatic rings. The first kappa shape index (κ1) is 15.6. The van der Waals surface area contributed by atoms with Crippen LogP contribution in [0.2, 0.25) is 0 Å². The Hall–Kier alpha value is -2.28. The maximum absolute atomic E-state index is 13.1. The molecule has 1 N–H and O–H groups in total. The zero-order chi connectivity index (χ0) is 16.4. The Kier molecular flexibility index (Phi) is 4.38. The van der Waals surface area contributed by atoms with Gasteiger partial charge in [-0.3, -0.25) is 4.79 Å². The van der Waals surface area contributed by atoms with Crippen LogP contribution in [0.15, 0.2) is 24.3 Å². The number of cyclic esters (lactones) is 1. The lowest BCUT2D eigenvalue weighted by atomic mass is 10.0. The third-order valence-corrected chi connectivity index (χ3v) is 3.97. The second-order valence-electron chi connectivity index (χ2n) is 5.75. The number of ether oxygens (including phenoxy) is 1. The van der Waals surface area contributed by atoms with Crippen molar-refractivity contribution < 1.29 is 19.0 Å². The van der Waals surface area contributed by atoms with Crippen LogP contribution in [0.1, 0.15) is 30.7 Å². The summed E-state index contributed by atoms with van der Waals surface area (Å²) in [4.78, 5) is 11.4. The topological polar surface area (TPSA) is 77.2 Å². The summed E-state index contributed by atoms with van der Waals surface area (Å²) in [6.07, 6.45) is 0.747. The average molecular weight is 319 g/mol. The van der Waals surface area contributed by atoms with Crippen molar-refractivity contribution in [3.8, 4) is 5.69 Å². The first-order valence-corrected chi connectivity index (χ1v) is 7.57. The Morgan fingerprint density at radius 1 is 1.39 bits per heavy atom. The number of aliphatic hydroxyl groups excluding tert-OH is 1. The molecule has 1 saturated heterocycles. The Labute approximate surface area is 132 Å². The number of hydrogen-bond donors (Lipinski definition) is 1. The summed E-state index contributed by atoms with van der Waals surface area (Å²) in [7, 11) is 0. The summed E-state index contributed by atoms with van der Waals surface area (Å²) in [6, 6.07) is 6.01. The van der Waals surface area contributed by atoms with Crippen molar-refractivity contribution in [1.29, 1.82) is 0 Å². The van der Waals surface area contributed by atoms with Crippen LogP contribution in [0.25, 0.3) is 5.69 Å². The maximum atomic E-state index is 13.1. The standard InChI is InChI=1S/C16H18FN3O3/c1-10-15(7-6-14-8-13(21)9-16(22)23-14)20(19-18-10)12-4-2-11(17)3-5-12/h2-5,13-14,21H,6-9H2,1H3. The quantitative estimate of drug-likeness (QED) is 0.868. The van der Waals surface area contributed by atoms with Gasteiger partial charge in [0.2, 0.25) is 0 Å². The molecule has 3 rings (SSSR count). The number of aliphatic hydroxyl groups is 1. The van der Waals surface area contributed by atoms with Gasteiger partial charge in [0.25, 0.3) is 0 Å². The van der Waals surface area contributed by atoms with E-state index in [0.29, 0.717) is 19.3 Å². The largest absolute Gasteiger partial charge is 0.462 e. The summed E-state index contributed by atoms with van der Waals surface area (Å²) in [6.45, 7) is 1.85. The van der Waals surface area contributed by atoms with Crippen LogP contribution in [-0.4, -0.2) is 38.3 Å². The van der Waals surface area contributed by atoms with E-state index in [0.717, 1.165) is 17.1 Å². The van der Waals surface area contributed by atoms with Crippen LogP contribution in [0.5, 0.6) is 0 Å². The summed E-state index contributed by atoms with van der Waals surface area (Å²) >= 11 is 0. The second kappa shape index (κ2) is 6.45. The monoisotopic (exact) mass is 319 g/mol. The number of carbonyl (C=O) groups is 1. The number of benzene rings is 1. The lowest BCUT2D eigenvalue weighted by Crippen LogP contribution is -2.33. The molecule has 0 amide bonds. The van der Waals surface area contributed by atoms with Crippen molar-refractivity contribution >= 4 is 5.97 Å². The molecular formula is C16H18FN3O3. The minimum absolute atomic E-state index is 0.0601. The molecule has 2 atom stereocenters. The number of nitrogens with zero attached hydrogens (tertiary/aromatic N) is 3. The second-order valence-corrected chi connectivity index (χ2v) is 5.75. The van der Waals surface area contributed by atoms with Gasteiger partial charge >= 0.3 is 5.97 Å². The first-order chi connectivity index (χ1) is 11.0. The molecule has 2 aromatic rings. The highest BCUT2D eigenvalue weighted by Gasteiger charge is 2.27. The fraction of sp³-hybridized carbons (Fsp3) is 0.438. The molecule has 1 aromatic carbocycles. The van der Waals surface area contributed by atoms with E-state index in [2.05, 4.69) is 10.3 Å². The number of aryl methyl sites for hydroxylation is 1. The molecule has 23 heavy (non-hydrogen) atoms. The van der Waals surface area contributed by atoms with Crippen LogP contribution in [0.3, 0.4) is 0 Å². The Morgan fingerprint density at radius 2 is 2.13 bits per heavy atom. The summed E-state index contributed by atoms with van der Waals surface area (Å²) in [5.74, 6) is -0.675. The maximum Gasteiger partial charge on any atom is 0.308 e. The third kappa shape index (κ3) is 3.56. The Bertz CT molecular complexity index is 699. The number of esters is 1. The minimum Gasteiger partial charge on any atom is -0.462 e. The molecule has 1 aliphatic heterocycles. The predicted octanol–water partition coefficient (Wildman–Crippen LogP) is 1.71. The molecule has 0 spiro atoms. The van der Waals surface area contributed by atoms with Gasteiger partial charge in [-0.05, 0) is 44.0 Å². The van der Waals surface area contributed by atoms with Crippen molar-refractivity contribution in [2.24, 2.45) is 0 Å². The van der Waals surface area contributed by atoms with Gasteiger partial charge in [0, 0.05) is 6.42 Å². The fourth-order valence-electron chi connectivity index (χ4n) is 2.79. The van der Waals surface area contributed by atoms with Crippen LogP contribution < -0.4 is 0 Å². The molecule has 2 heterocycles. The average Bonchev–Trinajstić information content (AvgIpc) is 2.86. The lowest BCUT2D eigenvalue weighted by Gasteiger charge is -2.25. The summed E-state index contributed by atoms with van der Waals surface area (Å²) in [5.41, 5.74) is 2.38. The zero-order valence-corrected chi connectivity index (χ0v) is 12.8. The molecule has 122 valence electrons. The normalized spacial score (nSPS) is 21.3. The van der Waals surface area contributed by atoms with Crippen molar-refractivity contribution in [2.75, 3.05) is 0 Å². The molecule has 7 heteroatoms. The van der Waals surface area contributed by atoms with E-state index < -0.39 is 6.10 Å². The van der Waals surface area contributed by atoms with E-state index in [1.165, 1.54) is 12.1 Å². The van der Waals surface area contributed by atoms with E-state index in [9.17, 15) is 14.3 Å². The van der Waals surface area contributed by atoms with Gasteiger partial charge in [0.05, 0.1) is 29.6 Å². The number of aromatic nitrogens is 3. The molecule has 6 nitrogen and oxygen atoms in total. The summed E-state index contributed by atoms with van der Waals surface area (Å²) < 4.78 is 20.0. The van der Waals surface area contributed by atoms with Gasteiger partial charge in [-0.15, -0.1) is 5.10 Å². The van der Waals surface area contributed by atoms with E-state index in [1.807, 2.05) is 6.92 Å². The van der Waals surface area contributed by atoms with Crippen molar-refractivity contribution in [2.45, 2.75) is 44.8 Å². The van der Waals surface area contributed by atoms with Gasteiger partial charge in [0.1, 0.15) is 11.9 Å². The minimum atomic E-state index is -0.637. The molecule has 1 fully saturated rings. The van der Waals surface area contributed by atoms with E-state index in [4.69, 9.17) is 4.74 Å². The van der Waals surface area contributed by atoms with Crippen LogP contribution in [-0.2, 0) is 16.0 Å². The number of halogens is 1. The van der Waals surface area contributed by atoms with Crippen molar-refractivity contribution in [1.82, 2.24) is 15.0 Å². The molecule has 0 saturated carbocycles. The molecular weight excluding hydrogens is 301 g/mol. The van der Waals surface area contributed by atoms with Crippen molar-refractivity contribution in [3.63, 3.8) is 0 Å². The number of hydrogen-bond acceptors (Lipinski definition) is 5. The van der Waals surface area contributed by atoms with Gasteiger partial charge in [-0.1, -0.05) is 5.21 Å². The number of carbonyl (C=O) groups excluding carboxylic acids is 1. The highest BCUT2D eigenvalue weighted by atomic mass is 19.1. The van der Waals surface area contributed by atoms with Gasteiger partial charge < -0.3 is 9.84 Å². The van der Waals surface area contributed by atoms with Crippen LogP contribution >= 0.6 is 0 Å². The molecule has 2 unspecified atom stereocenters. The molecule has 0 bridgehead atoms. The number of rotatable bonds is 4. The van der Waals surface area contributed by atoms with E-state index in [1.54, 1.807) is 16.8 Å². The highest BCUT2D eigenvalue weighted by molar-refractivity contribution is 5.70. The Morgan fingerprint density at radius 3 is 2.83 bits per heavy atom. The third-order valence-electron chi connectivity index (χ3n) is 3.97. The predicted molar refractivity (Wildman–Crippen MR) is 79.5 cm³/mol. The molecule has 0 aliphatic carbocycles. The Balaban J connectivity index is 1.74. The SMILES string of the molecule is Cc1nnn(-c2ccc(F)cc2)c1CCC1CC(O)CC(=O)O1. The first-order valence-electron chi connectivity index (χ1n) is 7.57. The van der Waals surface area contributed by atoms with Crippen LogP contribution in [0, 0.1) is 12.7 Å². The van der Waals surface area contributed by atoms with Gasteiger partial charge in [-0.25, -0.2) is 9.07 Å². The smallest absolute Gasteiger partial charge is 0.308 e. The van der Waals surface area contributed by atoms with Gasteiger partial charge in [-0.2, -0.15) is 0 Å². The highest BCUT2D eigenvalue weighted by Crippen LogP contribution is 2.21. The van der Waals surface area contributed by atoms with E-state index in [-0.39, 0.29) is 24.3 Å². The fourth-order valence-corrected chi connectivity index (χ4v) is 2.79. The molecule has 0 radical (unpaired) electrons. The van der Waals surface area contributed by atoms with E-state index >= 15 is 0 Å². The lowest BCUT2D eigenvalue weighted by molar-refractivity contribution is -0.160. The molecule has 1 aromatic heterocycles. The van der Waals surface area contributed by atoms with Gasteiger partial charge in [0.15, 0.2) is 0 Å².